The van der Waals surface area contributed by atoms with Crippen molar-refractivity contribution in [3.63, 3.8) is 0 Å². The van der Waals surface area contributed by atoms with Gasteiger partial charge < -0.3 is 15.0 Å². The summed E-state index contributed by atoms with van der Waals surface area (Å²) in [6.07, 6.45) is 0. The van der Waals surface area contributed by atoms with Gasteiger partial charge in [-0.1, -0.05) is 19.1 Å². The maximum absolute atomic E-state index is 12.4. The Balaban J connectivity index is 0.00000220. The molecule has 1 fully saturated rings. The number of hydrogen-bond donors (Lipinski definition) is 1. The van der Waals surface area contributed by atoms with Crippen LogP contribution in [0.25, 0.3) is 0 Å². The van der Waals surface area contributed by atoms with Crippen LogP contribution in [0.1, 0.15) is 18.1 Å². The maximum atomic E-state index is 12.4. The Morgan fingerprint density at radius 2 is 2.14 bits per heavy atom. The maximum Gasteiger partial charge on any atom is 0.225 e. The minimum absolute atomic E-state index is 0. The van der Waals surface area contributed by atoms with Crippen LogP contribution in [0, 0.1) is 18.8 Å². The largest absolute Gasteiger partial charge is 0.496 e. The Kier molecular flexibility index (Phi) is 6.49. The minimum Gasteiger partial charge on any atom is -0.496 e. The summed E-state index contributed by atoms with van der Waals surface area (Å²) in [6, 6.07) is 6.06. The molecule has 21 heavy (non-hydrogen) atoms. The van der Waals surface area contributed by atoms with Crippen molar-refractivity contribution in [3.8, 4) is 5.75 Å². The molecule has 1 N–H and O–H groups in total. The number of hydrogen-bond acceptors (Lipinski definition) is 3. The van der Waals surface area contributed by atoms with Crippen molar-refractivity contribution >= 4 is 18.3 Å². The number of amides is 1. The molecule has 5 heteroatoms. The third-order valence-electron chi connectivity index (χ3n) is 4.16. The van der Waals surface area contributed by atoms with Gasteiger partial charge in [0.1, 0.15) is 5.75 Å². The molecule has 1 aliphatic heterocycles. The molecule has 2 rings (SSSR count). The number of halogens is 1. The number of ether oxygens (including phenoxy) is 1. The predicted molar refractivity (Wildman–Crippen MR) is 87.0 cm³/mol. The van der Waals surface area contributed by atoms with Crippen LogP contribution in [-0.4, -0.2) is 38.1 Å². The lowest BCUT2D eigenvalue weighted by atomic mass is 9.88. The van der Waals surface area contributed by atoms with E-state index in [1.165, 1.54) is 0 Å². The fourth-order valence-electron chi connectivity index (χ4n) is 2.60. The fraction of sp³-hybridized carbons (Fsp3) is 0.562. The fourth-order valence-corrected chi connectivity index (χ4v) is 2.60. The third-order valence-corrected chi connectivity index (χ3v) is 4.16. The molecule has 1 aromatic rings. The van der Waals surface area contributed by atoms with Gasteiger partial charge in [0, 0.05) is 19.5 Å². The summed E-state index contributed by atoms with van der Waals surface area (Å²) in [5, 5.41) is 3.22. The number of nitrogens with one attached hydrogen (secondary N) is 1. The van der Waals surface area contributed by atoms with Crippen LogP contribution in [-0.2, 0) is 11.3 Å². The molecular weight excluding hydrogens is 288 g/mol. The van der Waals surface area contributed by atoms with Gasteiger partial charge in [0.2, 0.25) is 5.91 Å². The van der Waals surface area contributed by atoms with Crippen molar-refractivity contribution in [1.29, 1.82) is 0 Å². The Morgan fingerprint density at radius 3 is 2.62 bits per heavy atom. The zero-order chi connectivity index (χ0) is 14.7. The van der Waals surface area contributed by atoms with E-state index in [0.717, 1.165) is 30.0 Å². The van der Waals surface area contributed by atoms with Gasteiger partial charge in [0.15, 0.2) is 0 Å². The molecule has 4 nitrogen and oxygen atoms in total. The SMILES string of the molecule is COc1ccc(CN(C)C(=O)C(C)C2CNC2)cc1C.Cl. The Labute approximate surface area is 133 Å². The summed E-state index contributed by atoms with van der Waals surface area (Å²) < 4.78 is 5.26. The van der Waals surface area contributed by atoms with E-state index >= 15 is 0 Å². The van der Waals surface area contributed by atoms with Crippen LogP contribution >= 0.6 is 12.4 Å². The highest BCUT2D eigenvalue weighted by Crippen LogP contribution is 2.21. The number of carbonyl (C=O) groups is 1. The topological polar surface area (TPSA) is 41.6 Å². The first kappa shape index (κ1) is 17.8. The molecule has 0 aromatic heterocycles. The van der Waals surface area contributed by atoms with E-state index in [1.54, 1.807) is 7.11 Å². The molecule has 1 saturated heterocycles. The first-order valence-electron chi connectivity index (χ1n) is 7.12. The Hall–Kier alpha value is -1.26. The van der Waals surface area contributed by atoms with Crippen molar-refractivity contribution in [2.75, 3.05) is 27.2 Å². The summed E-state index contributed by atoms with van der Waals surface area (Å²) in [7, 11) is 3.55. The normalized spacial score (nSPS) is 15.6. The molecule has 1 atom stereocenters. The second-order valence-corrected chi connectivity index (χ2v) is 5.71. The van der Waals surface area contributed by atoms with Gasteiger partial charge in [0.05, 0.1) is 7.11 Å². The van der Waals surface area contributed by atoms with Crippen molar-refractivity contribution in [2.45, 2.75) is 20.4 Å². The van der Waals surface area contributed by atoms with Gasteiger partial charge in [0.25, 0.3) is 0 Å². The van der Waals surface area contributed by atoms with Gasteiger partial charge in [-0.2, -0.15) is 0 Å². The molecule has 0 radical (unpaired) electrons. The summed E-state index contributed by atoms with van der Waals surface area (Å²) >= 11 is 0. The number of aryl methyl sites for hydroxylation is 1. The first-order valence-corrected chi connectivity index (χ1v) is 7.12. The minimum atomic E-state index is 0. The van der Waals surface area contributed by atoms with E-state index in [1.807, 2.05) is 37.9 Å². The number of methoxy groups -OCH3 is 1. The van der Waals surface area contributed by atoms with Gasteiger partial charge in [-0.3, -0.25) is 4.79 Å². The molecular formula is C16H25ClN2O2. The van der Waals surface area contributed by atoms with Crippen molar-refractivity contribution < 1.29 is 9.53 Å². The molecule has 0 spiro atoms. The zero-order valence-corrected chi connectivity index (χ0v) is 14.0. The van der Waals surface area contributed by atoms with Crippen LogP contribution in [0.15, 0.2) is 18.2 Å². The molecule has 0 saturated carbocycles. The number of carbonyl (C=O) groups excluding carboxylic acids is 1. The highest BCUT2D eigenvalue weighted by Gasteiger charge is 2.30. The van der Waals surface area contributed by atoms with E-state index < -0.39 is 0 Å². The van der Waals surface area contributed by atoms with E-state index in [0.29, 0.717) is 12.5 Å². The van der Waals surface area contributed by atoms with Crippen LogP contribution in [0.4, 0.5) is 0 Å². The van der Waals surface area contributed by atoms with Gasteiger partial charge in [-0.25, -0.2) is 0 Å². The number of nitrogens with zero attached hydrogens (tertiary/aromatic N) is 1. The molecule has 118 valence electrons. The van der Waals surface area contributed by atoms with Crippen LogP contribution in [0.3, 0.4) is 0 Å². The Bertz CT molecular complexity index is 489. The number of rotatable bonds is 5. The van der Waals surface area contributed by atoms with E-state index in [2.05, 4.69) is 11.4 Å². The van der Waals surface area contributed by atoms with E-state index in [4.69, 9.17) is 4.74 Å². The van der Waals surface area contributed by atoms with Crippen molar-refractivity contribution in [1.82, 2.24) is 10.2 Å². The molecule has 1 amide bonds. The third kappa shape index (κ3) is 4.11. The summed E-state index contributed by atoms with van der Waals surface area (Å²) in [6.45, 7) is 6.62. The lowest BCUT2D eigenvalue weighted by Crippen LogP contribution is -2.49. The summed E-state index contributed by atoms with van der Waals surface area (Å²) in [5.74, 6) is 1.70. The Morgan fingerprint density at radius 1 is 1.48 bits per heavy atom. The average molecular weight is 313 g/mol. The van der Waals surface area contributed by atoms with Crippen LogP contribution in [0.5, 0.6) is 5.75 Å². The van der Waals surface area contributed by atoms with E-state index in [9.17, 15) is 4.79 Å². The molecule has 0 aliphatic carbocycles. The van der Waals surface area contributed by atoms with Gasteiger partial charge in [-0.15, -0.1) is 12.4 Å². The van der Waals surface area contributed by atoms with Gasteiger partial charge in [-0.05, 0) is 43.1 Å². The lowest BCUT2D eigenvalue weighted by molar-refractivity contribution is -0.136. The van der Waals surface area contributed by atoms with Crippen LogP contribution in [0.2, 0.25) is 0 Å². The highest BCUT2D eigenvalue weighted by atomic mass is 35.5. The molecule has 1 aliphatic rings. The molecule has 1 unspecified atom stereocenters. The zero-order valence-electron chi connectivity index (χ0n) is 13.2. The smallest absolute Gasteiger partial charge is 0.225 e. The van der Waals surface area contributed by atoms with Crippen LogP contribution < -0.4 is 10.1 Å². The van der Waals surface area contributed by atoms with Crippen molar-refractivity contribution in [3.05, 3.63) is 29.3 Å². The standard InChI is InChI=1S/C16H24N2O2.ClH/c1-11-7-13(5-6-15(11)20-4)10-18(3)16(19)12(2)14-8-17-9-14;/h5-7,12,14,17H,8-10H2,1-4H3;1H. The molecule has 0 bridgehead atoms. The van der Waals surface area contributed by atoms with Gasteiger partial charge >= 0.3 is 0 Å². The van der Waals surface area contributed by atoms with Crippen molar-refractivity contribution in [2.24, 2.45) is 11.8 Å². The first-order chi connectivity index (χ1) is 9.52. The molecule has 1 heterocycles. The second-order valence-electron chi connectivity index (χ2n) is 5.71. The average Bonchev–Trinajstić information content (AvgIpc) is 2.35. The lowest BCUT2D eigenvalue weighted by Gasteiger charge is -2.34. The monoisotopic (exact) mass is 312 g/mol. The second kappa shape index (κ2) is 7.66. The summed E-state index contributed by atoms with van der Waals surface area (Å²) in [5.41, 5.74) is 2.24. The van der Waals surface area contributed by atoms with E-state index in [-0.39, 0.29) is 24.2 Å². The summed E-state index contributed by atoms with van der Waals surface area (Å²) in [4.78, 5) is 14.2. The molecule has 1 aromatic carbocycles. The quantitative estimate of drug-likeness (QED) is 0.906. The highest BCUT2D eigenvalue weighted by molar-refractivity contribution is 5.85. The number of benzene rings is 1. The predicted octanol–water partition coefficient (Wildman–Crippen LogP) is 2.24.